The first-order chi connectivity index (χ1) is 10.1. The van der Waals surface area contributed by atoms with Crippen LogP contribution < -0.4 is 10.8 Å². The Morgan fingerprint density at radius 2 is 1.95 bits per heavy atom. The summed E-state index contributed by atoms with van der Waals surface area (Å²) < 4.78 is 0. The number of carbonyl (C=O) groups excluding carboxylic acids is 1. The standard InChI is InChI=1S/C16H19N3O2/c1-16(2,18-14-9-6-10-17-11-14)15(20)19-21-12-13-7-4-3-5-8-13/h3-11,18H,12H2,1-2H3,(H,19,20). The van der Waals surface area contributed by atoms with Gasteiger partial charge in [0.2, 0.25) is 0 Å². The predicted octanol–water partition coefficient (Wildman–Crippen LogP) is 2.52. The van der Waals surface area contributed by atoms with E-state index in [1.165, 1.54) is 0 Å². The zero-order valence-corrected chi connectivity index (χ0v) is 12.2. The molecule has 0 aliphatic heterocycles. The number of anilines is 1. The smallest absolute Gasteiger partial charge is 0.268 e. The minimum Gasteiger partial charge on any atom is -0.370 e. The second kappa shape index (κ2) is 6.85. The first-order valence-electron chi connectivity index (χ1n) is 6.72. The summed E-state index contributed by atoms with van der Waals surface area (Å²) in [5.74, 6) is -0.248. The Morgan fingerprint density at radius 1 is 1.19 bits per heavy atom. The summed E-state index contributed by atoms with van der Waals surface area (Å²) >= 11 is 0. The van der Waals surface area contributed by atoms with Crippen LogP contribution in [0.15, 0.2) is 54.9 Å². The highest BCUT2D eigenvalue weighted by Crippen LogP contribution is 2.13. The van der Waals surface area contributed by atoms with Crippen molar-refractivity contribution in [2.75, 3.05) is 5.32 Å². The molecule has 5 heteroatoms. The molecule has 0 unspecified atom stereocenters. The van der Waals surface area contributed by atoms with E-state index in [0.29, 0.717) is 6.61 Å². The van der Waals surface area contributed by atoms with E-state index in [9.17, 15) is 4.79 Å². The van der Waals surface area contributed by atoms with Crippen molar-refractivity contribution in [3.8, 4) is 0 Å². The van der Waals surface area contributed by atoms with Crippen molar-refractivity contribution in [2.24, 2.45) is 0 Å². The van der Waals surface area contributed by atoms with Gasteiger partial charge in [-0.15, -0.1) is 0 Å². The monoisotopic (exact) mass is 285 g/mol. The lowest BCUT2D eigenvalue weighted by Crippen LogP contribution is -2.47. The molecule has 2 aromatic rings. The molecule has 0 atom stereocenters. The molecule has 0 saturated heterocycles. The van der Waals surface area contributed by atoms with Crippen molar-refractivity contribution in [1.82, 2.24) is 10.5 Å². The van der Waals surface area contributed by atoms with Gasteiger partial charge >= 0.3 is 0 Å². The molecule has 0 fully saturated rings. The molecule has 0 spiro atoms. The number of benzene rings is 1. The molecule has 0 radical (unpaired) electrons. The summed E-state index contributed by atoms with van der Waals surface area (Å²) in [6, 6.07) is 13.3. The molecule has 0 saturated carbocycles. The number of nitrogens with one attached hydrogen (secondary N) is 2. The summed E-state index contributed by atoms with van der Waals surface area (Å²) in [5.41, 5.74) is 3.44. The first kappa shape index (κ1) is 15.0. The van der Waals surface area contributed by atoms with Crippen LogP contribution in [0, 0.1) is 0 Å². The van der Waals surface area contributed by atoms with Crippen LogP contribution in [-0.2, 0) is 16.2 Å². The van der Waals surface area contributed by atoms with Gasteiger partial charge in [-0.1, -0.05) is 30.3 Å². The van der Waals surface area contributed by atoms with Gasteiger partial charge in [0.25, 0.3) is 5.91 Å². The van der Waals surface area contributed by atoms with Crippen molar-refractivity contribution >= 4 is 11.6 Å². The van der Waals surface area contributed by atoms with E-state index in [4.69, 9.17) is 4.84 Å². The van der Waals surface area contributed by atoms with Gasteiger partial charge in [-0.3, -0.25) is 14.6 Å². The Kier molecular flexibility index (Phi) is 4.90. The van der Waals surface area contributed by atoms with E-state index in [1.807, 2.05) is 42.5 Å². The minimum absolute atomic E-state index is 0.248. The normalized spacial score (nSPS) is 11.0. The average Bonchev–Trinajstić information content (AvgIpc) is 2.49. The molecule has 21 heavy (non-hydrogen) atoms. The fourth-order valence-corrected chi connectivity index (χ4v) is 1.74. The van der Waals surface area contributed by atoms with Crippen LogP contribution in [0.2, 0.25) is 0 Å². The summed E-state index contributed by atoms with van der Waals surface area (Å²) in [7, 11) is 0. The Bertz CT molecular complexity index is 571. The molecule has 1 aromatic carbocycles. The molecule has 2 N–H and O–H groups in total. The molecule has 0 aliphatic carbocycles. The van der Waals surface area contributed by atoms with Gasteiger partial charge in [-0.05, 0) is 31.5 Å². The third-order valence-electron chi connectivity index (χ3n) is 2.93. The fourth-order valence-electron chi connectivity index (χ4n) is 1.74. The van der Waals surface area contributed by atoms with Crippen LogP contribution >= 0.6 is 0 Å². The van der Waals surface area contributed by atoms with Gasteiger partial charge in [0, 0.05) is 12.4 Å². The van der Waals surface area contributed by atoms with E-state index in [-0.39, 0.29) is 5.91 Å². The largest absolute Gasteiger partial charge is 0.370 e. The lowest BCUT2D eigenvalue weighted by atomic mass is 10.0. The third-order valence-corrected chi connectivity index (χ3v) is 2.93. The van der Waals surface area contributed by atoms with E-state index >= 15 is 0 Å². The predicted molar refractivity (Wildman–Crippen MR) is 81.3 cm³/mol. The molecule has 1 aromatic heterocycles. The maximum absolute atomic E-state index is 12.1. The highest BCUT2D eigenvalue weighted by Gasteiger charge is 2.27. The van der Waals surface area contributed by atoms with Crippen molar-refractivity contribution in [3.63, 3.8) is 0 Å². The number of amides is 1. The van der Waals surface area contributed by atoms with Crippen LogP contribution in [0.3, 0.4) is 0 Å². The van der Waals surface area contributed by atoms with Crippen molar-refractivity contribution in [1.29, 1.82) is 0 Å². The van der Waals surface area contributed by atoms with E-state index in [2.05, 4.69) is 15.8 Å². The van der Waals surface area contributed by atoms with Crippen LogP contribution in [0.4, 0.5) is 5.69 Å². The minimum atomic E-state index is -0.806. The van der Waals surface area contributed by atoms with Crippen LogP contribution in [0.25, 0.3) is 0 Å². The number of pyridine rings is 1. The van der Waals surface area contributed by atoms with Gasteiger partial charge < -0.3 is 5.32 Å². The second-order valence-electron chi connectivity index (χ2n) is 5.20. The molecule has 1 amide bonds. The van der Waals surface area contributed by atoms with E-state index in [0.717, 1.165) is 11.3 Å². The summed E-state index contributed by atoms with van der Waals surface area (Å²) in [5, 5.41) is 3.11. The maximum atomic E-state index is 12.1. The number of hydrogen-bond donors (Lipinski definition) is 2. The number of rotatable bonds is 6. The average molecular weight is 285 g/mol. The Balaban J connectivity index is 1.84. The van der Waals surface area contributed by atoms with Gasteiger partial charge in [0.15, 0.2) is 0 Å². The molecule has 110 valence electrons. The molecule has 2 rings (SSSR count). The fraction of sp³-hybridized carbons (Fsp3) is 0.250. The van der Waals surface area contributed by atoms with E-state index < -0.39 is 5.54 Å². The highest BCUT2D eigenvalue weighted by atomic mass is 16.6. The zero-order valence-electron chi connectivity index (χ0n) is 12.2. The maximum Gasteiger partial charge on any atom is 0.268 e. The number of carbonyl (C=O) groups is 1. The number of hydroxylamine groups is 1. The van der Waals surface area contributed by atoms with Crippen LogP contribution in [0.5, 0.6) is 0 Å². The molecular formula is C16H19N3O2. The molecular weight excluding hydrogens is 266 g/mol. The molecule has 5 nitrogen and oxygen atoms in total. The van der Waals surface area contributed by atoms with E-state index in [1.54, 1.807) is 26.2 Å². The Labute approximate surface area is 124 Å². The van der Waals surface area contributed by atoms with Crippen molar-refractivity contribution < 1.29 is 9.63 Å². The van der Waals surface area contributed by atoms with Crippen molar-refractivity contribution in [3.05, 3.63) is 60.4 Å². The Morgan fingerprint density at radius 3 is 2.62 bits per heavy atom. The third kappa shape index (κ3) is 4.57. The van der Waals surface area contributed by atoms with Crippen LogP contribution in [0.1, 0.15) is 19.4 Å². The van der Waals surface area contributed by atoms with Gasteiger partial charge in [0.1, 0.15) is 5.54 Å². The molecule has 0 bridgehead atoms. The summed E-state index contributed by atoms with van der Waals surface area (Å²) in [6.45, 7) is 3.89. The quantitative estimate of drug-likeness (QED) is 0.801. The lowest BCUT2D eigenvalue weighted by Gasteiger charge is -2.25. The number of aromatic nitrogens is 1. The number of hydrogen-bond acceptors (Lipinski definition) is 4. The Hall–Kier alpha value is -2.40. The zero-order chi connectivity index (χ0) is 15.1. The number of nitrogens with zero attached hydrogens (tertiary/aromatic N) is 1. The first-order valence-corrected chi connectivity index (χ1v) is 6.72. The van der Waals surface area contributed by atoms with Gasteiger partial charge in [-0.25, -0.2) is 5.48 Å². The SMILES string of the molecule is CC(C)(Nc1cccnc1)C(=O)NOCc1ccccc1. The second-order valence-corrected chi connectivity index (χ2v) is 5.20. The molecule has 1 heterocycles. The summed E-state index contributed by atoms with van der Waals surface area (Å²) in [4.78, 5) is 21.4. The van der Waals surface area contributed by atoms with Crippen molar-refractivity contribution in [2.45, 2.75) is 26.0 Å². The topological polar surface area (TPSA) is 63.2 Å². The lowest BCUT2D eigenvalue weighted by molar-refractivity contribution is -0.138. The molecule has 0 aliphatic rings. The van der Waals surface area contributed by atoms with Crippen LogP contribution in [-0.4, -0.2) is 16.4 Å². The highest BCUT2D eigenvalue weighted by molar-refractivity contribution is 5.87. The van der Waals surface area contributed by atoms with Gasteiger partial charge in [-0.2, -0.15) is 0 Å². The summed E-state index contributed by atoms with van der Waals surface area (Å²) in [6.07, 6.45) is 3.35. The van der Waals surface area contributed by atoms with Gasteiger partial charge in [0.05, 0.1) is 12.3 Å².